The molecule has 0 bridgehead atoms. The van der Waals surface area contributed by atoms with Crippen molar-refractivity contribution in [2.45, 2.75) is 6.61 Å². The molecule has 4 heteroatoms. The van der Waals surface area contributed by atoms with Gasteiger partial charge in [-0.25, -0.2) is 4.79 Å². The highest BCUT2D eigenvalue weighted by Crippen LogP contribution is 2.28. The van der Waals surface area contributed by atoms with Gasteiger partial charge in [-0.15, -0.1) is 0 Å². The first kappa shape index (κ1) is 10.4. The Bertz CT molecular complexity index is 499. The quantitative estimate of drug-likeness (QED) is 0.827. The van der Waals surface area contributed by atoms with Gasteiger partial charge in [-0.1, -0.05) is 30.3 Å². The van der Waals surface area contributed by atoms with Gasteiger partial charge in [-0.05, 0) is 5.56 Å². The van der Waals surface area contributed by atoms with Crippen LogP contribution in [0.15, 0.2) is 41.0 Å². The molecule has 0 aliphatic rings. The highest BCUT2D eigenvalue weighted by Gasteiger charge is 2.19. The molecule has 0 spiro atoms. The molecule has 1 heterocycles. The molecule has 0 unspecified atom stereocenters. The zero-order chi connectivity index (χ0) is 11.5. The molecule has 1 aromatic heterocycles. The van der Waals surface area contributed by atoms with Crippen LogP contribution in [0.3, 0.4) is 0 Å². The fourth-order valence-electron chi connectivity index (χ4n) is 1.58. The van der Waals surface area contributed by atoms with E-state index in [2.05, 4.69) is 0 Å². The molecular formula is C12H10O4. The third kappa shape index (κ3) is 1.70. The SMILES string of the molecule is O=C(O)c1occ(-c2ccccc2)c1CO. The lowest BCUT2D eigenvalue weighted by atomic mass is 10.0. The molecule has 2 N–H and O–H groups in total. The summed E-state index contributed by atoms with van der Waals surface area (Å²) >= 11 is 0. The van der Waals surface area contributed by atoms with E-state index in [9.17, 15) is 9.90 Å². The van der Waals surface area contributed by atoms with Crippen LogP contribution in [0, 0.1) is 0 Å². The molecule has 0 saturated carbocycles. The maximum Gasteiger partial charge on any atom is 0.372 e. The predicted octanol–water partition coefficient (Wildman–Crippen LogP) is 2.14. The van der Waals surface area contributed by atoms with Gasteiger partial charge in [0.2, 0.25) is 5.76 Å². The number of furan rings is 1. The van der Waals surface area contributed by atoms with E-state index in [0.717, 1.165) is 5.56 Å². The fraction of sp³-hybridized carbons (Fsp3) is 0.0833. The Morgan fingerprint density at radius 1 is 1.25 bits per heavy atom. The maximum absolute atomic E-state index is 10.8. The minimum atomic E-state index is -1.17. The Morgan fingerprint density at radius 3 is 2.50 bits per heavy atom. The Kier molecular flexibility index (Phi) is 2.74. The van der Waals surface area contributed by atoms with Gasteiger partial charge in [0.25, 0.3) is 0 Å². The molecule has 0 radical (unpaired) electrons. The Hall–Kier alpha value is -2.07. The maximum atomic E-state index is 10.8. The molecular weight excluding hydrogens is 208 g/mol. The lowest BCUT2D eigenvalue weighted by Gasteiger charge is -2.00. The summed E-state index contributed by atoms with van der Waals surface area (Å²) < 4.78 is 4.94. The summed E-state index contributed by atoms with van der Waals surface area (Å²) in [5.74, 6) is -1.38. The molecule has 4 nitrogen and oxygen atoms in total. The summed E-state index contributed by atoms with van der Waals surface area (Å²) in [6.07, 6.45) is 1.35. The number of rotatable bonds is 3. The Morgan fingerprint density at radius 2 is 1.94 bits per heavy atom. The van der Waals surface area contributed by atoms with Crippen molar-refractivity contribution in [2.75, 3.05) is 0 Å². The van der Waals surface area contributed by atoms with Crippen LogP contribution in [0.1, 0.15) is 16.1 Å². The van der Waals surface area contributed by atoms with E-state index in [1.165, 1.54) is 6.26 Å². The average Bonchev–Trinajstić information content (AvgIpc) is 2.73. The number of aromatic carboxylic acids is 1. The highest BCUT2D eigenvalue weighted by atomic mass is 16.4. The van der Waals surface area contributed by atoms with Gasteiger partial charge in [-0.3, -0.25) is 0 Å². The Labute approximate surface area is 91.8 Å². The van der Waals surface area contributed by atoms with Crippen LogP contribution in [0.25, 0.3) is 11.1 Å². The molecule has 2 aromatic rings. The van der Waals surface area contributed by atoms with E-state index in [-0.39, 0.29) is 12.4 Å². The average molecular weight is 218 g/mol. The second-order valence-corrected chi connectivity index (χ2v) is 3.29. The van der Waals surface area contributed by atoms with Crippen LogP contribution in [0.4, 0.5) is 0 Å². The highest BCUT2D eigenvalue weighted by molar-refractivity contribution is 5.89. The van der Waals surface area contributed by atoms with E-state index >= 15 is 0 Å². The van der Waals surface area contributed by atoms with Crippen molar-refractivity contribution >= 4 is 5.97 Å². The lowest BCUT2D eigenvalue weighted by Crippen LogP contribution is -1.99. The molecule has 0 fully saturated rings. The van der Waals surface area contributed by atoms with Crippen molar-refractivity contribution < 1.29 is 19.4 Å². The molecule has 16 heavy (non-hydrogen) atoms. The number of benzene rings is 1. The molecule has 0 aliphatic heterocycles. The van der Waals surface area contributed by atoms with Crippen LogP contribution in [0.5, 0.6) is 0 Å². The number of aliphatic hydroxyl groups excluding tert-OH is 1. The van der Waals surface area contributed by atoms with Crippen LogP contribution in [0.2, 0.25) is 0 Å². The van der Waals surface area contributed by atoms with Gasteiger partial charge in [-0.2, -0.15) is 0 Å². The smallest absolute Gasteiger partial charge is 0.372 e. The van der Waals surface area contributed by atoms with Crippen LogP contribution >= 0.6 is 0 Å². The van der Waals surface area contributed by atoms with Gasteiger partial charge in [0, 0.05) is 11.1 Å². The standard InChI is InChI=1S/C12H10O4/c13-6-9-10(7-16-11(9)12(14)15)8-4-2-1-3-5-8/h1-5,7,13H,6H2,(H,14,15). The van der Waals surface area contributed by atoms with Gasteiger partial charge in [0.05, 0.1) is 12.9 Å². The first-order valence-electron chi connectivity index (χ1n) is 4.74. The van der Waals surface area contributed by atoms with Gasteiger partial charge in [0.15, 0.2) is 0 Å². The number of carbonyl (C=O) groups is 1. The molecule has 0 atom stereocenters. The van der Waals surface area contributed by atoms with Crippen molar-refractivity contribution in [3.8, 4) is 11.1 Å². The first-order valence-corrected chi connectivity index (χ1v) is 4.74. The van der Waals surface area contributed by atoms with Crippen LogP contribution in [-0.2, 0) is 6.61 Å². The minimum absolute atomic E-state index is 0.207. The number of hydrogen-bond acceptors (Lipinski definition) is 3. The van der Waals surface area contributed by atoms with Crippen LogP contribution < -0.4 is 0 Å². The summed E-state index contributed by atoms with van der Waals surface area (Å²) in [5, 5.41) is 18.0. The first-order chi connectivity index (χ1) is 7.74. The number of aliphatic hydroxyl groups is 1. The second-order valence-electron chi connectivity index (χ2n) is 3.29. The molecule has 0 aliphatic carbocycles. The van der Waals surface area contributed by atoms with Gasteiger partial charge in [0.1, 0.15) is 0 Å². The van der Waals surface area contributed by atoms with E-state index in [0.29, 0.717) is 11.1 Å². The topological polar surface area (TPSA) is 70.7 Å². The predicted molar refractivity (Wildman–Crippen MR) is 57.0 cm³/mol. The largest absolute Gasteiger partial charge is 0.475 e. The second kappa shape index (κ2) is 4.20. The molecule has 0 amide bonds. The van der Waals surface area contributed by atoms with Crippen molar-refractivity contribution in [3.63, 3.8) is 0 Å². The lowest BCUT2D eigenvalue weighted by molar-refractivity contribution is 0.0657. The van der Waals surface area contributed by atoms with E-state index in [1.54, 1.807) is 0 Å². The monoisotopic (exact) mass is 218 g/mol. The zero-order valence-electron chi connectivity index (χ0n) is 8.38. The molecule has 1 aromatic carbocycles. The fourth-order valence-corrected chi connectivity index (χ4v) is 1.58. The zero-order valence-corrected chi connectivity index (χ0v) is 8.38. The summed E-state index contributed by atoms with van der Waals surface area (Å²) in [7, 11) is 0. The van der Waals surface area contributed by atoms with Crippen molar-refractivity contribution in [1.29, 1.82) is 0 Å². The van der Waals surface area contributed by atoms with Crippen molar-refractivity contribution in [2.24, 2.45) is 0 Å². The van der Waals surface area contributed by atoms with E-state index in [4.69, 9.17) is 9.52 Å². The van der Waals surface area contributed by atoms with Gasteiger partial charge >= 0.3 is 5.97 Å². The molecule has 0 saturated heterocycles. The third-order valence-corrected chi connectivity index (χ3v) is 2.33. The Balaban J connectivity index is 2.54. The summed E-state index contributed by atoms with van der Waals surface area (Å²) in [5.41, 5.74) is 1.74. The van der Waals surface area contributed by atoms with E-state index < -0.39 is 5.97 Å². The third-order valence-electron chi connectivity index (χ3n) is 2.33. The summed E-state index contributed by atoms with van der Waals surface area (Å²) in [6, 6.07) is 9.19. The minimum Gasteiger partial charge on any atom is -0.475 e. The number of carboxylic acid groups (broad SMARTS) is 1. The summed E-state index contributed by atoms with van der Waals surface area (Å²) in [4.78, 5) is 10.8. The normalized spacial score (nSPS) is 10.3. The summed E-state index contributed by atoms with van der Waals surface area (Å²) in [6.45, 7) is -0.359. The molecule has 2 rings (SSSR count). The van der Waals surface area contributed by atoms with Crippen molar-refractivity contribution in [1.82, 2.24) is 0 Å². The van der Waals surface area contributed by atoms with E-state index in [1.807, 2.05) is 30.3 Å². The van der Waals surface area contributed by atoms with Crippen LogP contribution in [-0.4, -0.2) is 16.2 Å². The number of carboxylic acids is 1. The van der Waals surface area contributed by atoms with Crippen molar-refractivity contribution in [3.05, 3.63) is 47.9 Å². The molecule has 82 valence electrons. The number of hydrogen-bond donors (Lipinski definition) is 2. The van der Waals surface area contributed by atoms with Gasteiger partial charge < -0.3 is 14.6 Å².